The number of aromatic carboxylic acids is 1. The van der Waals surface area contributed by atoms with Crippen LogP contribution in [0.3, 0.4) is 0 Å². The van der Waals surface area contributed by atoms with E-state index in [1.54, 1.807) is 17.0 Å². The van der Waals surface area contributed by atoms with Gasteiger partial charge in [-0.05, 0) is 60.4 Å². The number of aliphatic hydroxyl groups excluding tert-OH is 1. The van der Waals surface area contributed by atoms with Gasteiger partial charge in [-0.2, -0.15) is 0 Å². The van der Waals surface area contributed by atoms with Crippen molar-refractivity contribution in [1.82, 2.24) is 15.1 Å². The van der Waals surface area contributed by atoms with Gasteiger partial charge in [0.2, 0.25) is 11.8 Å². The Morgan fingerprint density at radius 2 is 1.69 bits per heavy atom. The number of halogens is 1. The van der Waals surface area contributed by atoms with Crippen LogP contribution in [0.2, 0.25) is 5.02 Å². The minimum absolute atomic E-state index is 0.0379. The number of piperazine rings is 1. The lowest BCUT2D eigenvalue weighted by Gasteiger charge is -2.52. The van der Waals surface area contributed by atoms with Crippen LogP contribution in [-0.2, 0) is 22.6 Å². The minimum atomic E-state index is -0.999. The van der Waals surface area contributed by atoms with Gasteiger partial charge >= 0.3 is 5.97 Å². The Bertz CT molecular complexity index is 1250. The molecule has 0 unspecified atom stereocenters. The van der Waals surface area contributed by atoms with Gasteiger partial charge in [0, 0.05) is 31.2 Å². The molecule has 42 heavy (non-hydrogen) atoms. The third kappa shape index (κ3) is 6.82. The Labute approximate surface area is 254 Å². The summed E-state index contributed by atoms with van der Waals surface area (Å²) >= 11 is 6.32. The van der Waals surface area contributed by atoms with Gasteiger partial charge in [-0.25, -0.2) is 4.79 Å². The number of nitrogens with zero attached hydrogens (tertiary/aromatic N) is 2. The molecule has 2 aromatic carbocycles. The number of nitrogens with one attached hydrogen (secondary N) is 1. The quantitative estimate of drug-likeness (QED) is 0.321. The monoisotopic (exact) mass is 597 g/mol. The van der Waals surface area contributed by atoms with Crippen molar-refractivity contribution in [3.8, 4) is 0 Å². The summed E-state index contributed by atoms with van der Waals surface area (Å²) in [6.45, 7) is 8.74. The van der Waals surface area contributed by atoms with Crippen LogP contribution in [0.1, 0.15) is 86.3 Å². The molecular formula is C33H44ClN3O5. The summed E-state index contributed by atoms with van der Waals surface area (Å²) in [6, 6.07) is 12.2. The predicted octanol–water partition coefficient (Wildman–Crippen LogP) is 4.89. The van der Waals surface area contributed by atoms with Crippen molar-refractivity contribution in [2.45, 2.75) is 89.9 Å². The van der Waals surface area contributed by atoms with E-state index in [9.17, 15) is 19.5 Å². The zero-order valence-electron chi connectivity index (χ0n) is 24.9. The zero-order valence-corrected chi connectivity index (χ0v) is 25.7. The molecular weight excluding hydrogens is 554 g/mol. The average molecular weight is 598 g/mol. The Morgan fingerprint density at radius 1 is 1.05 bits per heavy atom. The van der Waals surface area contributed by atoms with E-state index in [1.807, 2.05) is 13.8 Å². The van der Waals surface area contributed by atoms with Gasteiger partial charge in [0.05, 0.1) is 11.7 Å². The predicted molar refractivity (Wildman–Crippen MR) is 164 cm³/mol. The number of aliphatic hydroxyl groups is 1. The molecule has 2 aliphatic rings. The Kier molecular flexibility index (Phi) is 10.7. The van der Waals surface area contributed by atoms with E-state index in [2.05, 4.69) is 41.4 Å². The molecule has 2 atom stereocenters. The summed E-state index contributed by atoms with van der Waals surface area (Å²) in [5.41, 5.74) is 2.41. The summed E-state index contributed by atoms with van der Waals surface area (Å²) in [5, 5.41) is 23.6. The van der Waals surface area contributed by atoms with Gasteiger partial charge in [0.25, 0.3) is 0 Å². The van der Waals surface area contributed by atoms with Gasteiger partial charge in [-0.1, -0.05) is 82.0 Å². The fourth-order valence-corrected chi connectivity index (χ4v) is 6.64. The molecule has 3 N–H and O–H groups in total. The van der Waals surface area contributed by atoms with Crippen LogP contribution in [0.5, 0.6) is 0 Å². The first-order valence-electron chi connectivity index (χ1n) is 15.3. The van der Waals surface area contributed by atoms with Crippen molar-refractivity contribution in [3.63, 3.8) is 0 Å². The maximum atomic E-state index is 13.7. The molecule has 0 saturated carbocycles. The molecule has 2 aliphatic heterocycles. The first kappa shape index (κ1) is 32.0. The van der Waals surface area contributed by atoms with E-state index >= 15 is 0 Å². The molecule has 0 aliphatic carbocycles. The molecule has 2 amide bonds. The number of unbranched alkanes of at least 4 members (excludes halogenated alkanes) is 1. The minimum Gasteiger partial charge on any atom is -0.478 e. The number of carboxylic acid groups (broad SMARTS) is 1. The van der Waals surface area contributed by atoms with Crippen LogP contribution >= 0.6 is 11.6 Å². The Morgan fingerprint density at radius 3 is 2.26 bits per heavy atom. The topological polar surface area (TPSA) is 110 Å². The maximum absolute atomic E-state index is 13.7. The lowest BCUT2D eigenvalue weighted by atomic mass is 9.79. The number of hydrogen-bond acceptors (Lipinski definition) is 5. The highest BCUT2D eigenvalue weighted by Crippen LogP contribution is 2.35. The largest absolute Gasteiger partial charge is 0.478 e. The van der Waals surface area contributed by atoms with Gasteiger partial charge in [0.1, 0.15) is 11.6 Å². The SMILES string of the molecule is CCCCN1C(=O)[C@@H]([C@H](O)C(CC)CC)NC(=O)C12CCN(Cc1ccc(Cc3ccc(C(=O)O)cc3Cl)cc1)CC2. The summed E-state index contributed by atoms with van der Waals surface area (Å²) < 4.78 is 0. The number of amides is 2. The molecule has 0 bridgehead atoms. The van der Waals surface area contributed by atoms with E-state index in [0.717, 1.165) is 48.9 Å². The first-order chi connectivity index (χ1) is 20.1. The summed E-state index contributed by atoms with van der Waals surface area (Å²) in [6.07, 6.45) is 4.08. The smallest absolute Gasteiger partial charge is 0.335 e. The molecule has 0 radical (unpaired) electrons. The standard InChI is InChI=1S/C33H44ClN3O5/c1-4-7-16-37-30(39)28(29(38)24(5-2)6-3)35-32(42)33(37)14-17-36(18-15-33)21-23-10-8-22(9-11-23)19-25-12-13-26(31(40)41)20-27(25)34/h8-13,20,24,28-29,38H,4-7,14-19,21H2,1-3H3,(H,35,42)(H,40,41)/t28-,29-/m1/s1. The van der Waals surface area contributed by atoms with Crippen LogP contribution in [0.15, 0.2) is 42.5 Å². The van der Waals surface area contributed by atoms with Crippen LogP contribution in [-0.4, -0.2) is 75.1 Å². The number of carbonyl (C=O) groups is 3. The maximum Gasteiger partial charge on any atom is 0.335 e. The number of piperidine rings is 1. The van der Waals surface area contributed by atoms with Gasteiger partial charge < -0.3 is 20.4 Å². The van der Waals surface area contributed by atoms with E-state index in [1.165, 1.54) is 6.07 Å². The highest BCUT2D eigenvalue weighted by molar-refractivity contribution is 6.31. The molecule has 9 heteroatoms. The number of hydrogen-bond donors (Lipinski definition) is 3. The first-order valence-corrected chi connectivity index (χ1v) is 15.6. The third-order valence-electron chi connectivity index (χ3n) is 9.17. The molecule has 4 rings (SSSR count). The zero-order chi connectivity index (χ0) is 30.4. The summed E-state index contributed by atoms with van der Waals surface area (Å²) in [4.78, 5) is 42.7. The van der Waals surface area contributed by atoms with E-state index < -0.39 is 23.7 Å². The summed E-state index contributed by atoms with van der Waals surface area (Å²) in [7, 11) is 0. The molecule has 8 nitrogen and oxygen atoms in total. The molecule has 0 aromatic heterocycles. The normalized spacial score (nSPS) is 19.8. The second-order valence-corrected chi connectivity index (χ2v) is 12.2. The van der Waals surface area contributed by atoms with E-state index in [0.29, 0.717) is 43.9 Å². The molecule has 2 saturated heterocycles. The molecule has 228 valence electrons. The molecule has 2 fully saturated rings. The fourth-order valence-electron chi connectivity index (χ4n) is 6.40. The van der Waals surface area contributed by atoms with Crippen LogP contribution in [0.25, 0.3) is 0 Å². The number of carbonyl (C=O) groups excluding carboxylic acids is 2. The highest BCUT2D eigenvalue weighted by atomic mass is 35.5. The van der Waals surface area contributed by atoms with Crippen LogP contribution < -0.4 is 5.32 Å². The number of rotatable bonds is 12. The van der Waals surface area contributed by atoms with Gasteiger partial charge in [0.15, 0.2) is 0 Å². The van der Waals surface area contributed by atoms with Crippen molar-refractivity contribution >= 4 is 29.4 Å². The highest BCUT2D eigenvalue weighted by Gasteiger charge is 2.55. The molecule has 1 spiro atoms. The Balaban J connectivity index is 1.40. The number of benzene rings is 2. The third-order valence-corrected chi connectivity index (χ3v) is 9.53. The van der Waals surface area contributed by atoms with Crippen molar-refractivity contribution in [2.75, 3.05) is 19.6 Å². The van der Waals surface area contributed by atoms with Gasteiger partial charge in [-0.3, -0.25) is 14.5 Å². The van der Waals surface area contributed by atoms with Crippen LogP contribution in [0, 0.1) is 5.92 Å². The fraction of sp³-hybridized carbons (Fsp3) is 0.545. The van der Waals surface area contributed by atoms with Crippen LogP contribution in [0.4, 0.5) is 0 Å². The number of likely N-dealkylation sites (tertiary alicyclic amines) is 1. The lowest BCUT2D eigenvalue weighted by molar-refractivity contribution is -0.165. The van der Waals surface area contributed by atoms with Crippen molar-refractivity contribution in [2.24, 2.45) is 5.92 Å². The lowest BCUT2D eigenvalue weighted by Crippen LogP contribution is -2.75. The second kappa shape index (κ2) is 14.0. The Hall–Kier alpha value is -2.94. The molecule has 2 aromatic rings. The van der Waals surface area contributed by atoms with E-state index in [-0.39, 0.29) is 23.3 Å². The van der Waals surface area contributed by atoms with Crippen molar-refractivity contribution in [3.05, 3.63) is 69.7 Å². The van der Waals surface area contributed by atoms with Crippen molar-refractivity contribution < 1.29 is 24.6 Å². The van der Waals surface area contributed by atoms with E-state index in [4.69, 9.17) is 16.7 Å². The number of carboxylic acids is 1. The van der Waals surface area contributed by atoms with Crippen molar-refractivity contribution in [1.29, 1.82) is 0 Å². The summed E-state index contributed by atoms with van der Waals surface area (Å²) in [5.74, 6) is -1.32. The average Bonchev–Trinajstić information content (AvgIpc) is 2.98. The van der Waals surface area contributed by atoms with Gasteiger partial charge in [-0.15, -0.1) is 0 Å². The molecule has 2 heterocycles. The second-order valence-electron chi connectivity index (χ2n) is 11.8.